The lowest BCUT2D eigenvalue weighted by atomic mass is 9.91. The molecule has 3 rings (SSSR count). The van der Waals surface area contributed by atoms with Gasteiger partial charge in [-0.25, -0.2) is 13.4 Å². The highest BCUT2D eigenvalue weighted by atomic mass is 35.5. The maximum atomic E-state index is 12.7. The number of piperidine rings is 1. The first-order valence-electron chi connectivity index (χ1n) is 7.50. The molecule has 3 heterocycles. The molecule has 122 valence electrons. The van der Waals surface area contributed by atoms with Gasteiger partial charge in [0, 0.05) is 31.7 Å². The Morgan fingerprint density at radius 1 is 1.22 bits per heavy atom. The average Bonchev–Trinajstić information content (AvgIpc) is 2.58. The average molecular weight is 352 g/mol. The van der Waals surface area contributed by atoms with Crippen LogP contribution in [0.2, 0.25) is 5.15 Å². The molecule has 5 nitrogen and oxygen atoms in total. The number of halogens is 1. The van der Waals surface area contributed by atoms with E-state index in [0.717, 1.165) is 12.8 Å². The number of rotatable bonds is 3. The van der Waals surface area contributed by atoms with Crippen molar-refractivity contribution >= 4 is 21.6 Å². The van der Waals surface area contributed by atoms with Crippen molar-refractivity contribution in [3.05, 3.63) is 53.1 Å². The van der Waals surface area contributed by atoms with Crippen LogP contribution in [0.25, 0.3) is 0 Å². The Labute approximate surface area is 141 Å². The Morgan fingerprint density at radius 2 is 1.87 bits per heavy atom. The molecule has 0 spiro atoms. The molecule has 1 aliphatic rings. The number of hydrogen-bond acceptors (Lipinski definition) is 4. The molecule has 1 aliphatic heterocycles. The van der Waals surface area contributed by atoms with Crippen LogP contribution >= 0.6 is 11.6 Å². The van der Waals surface area contributed by atoms with E-state index in [4.69, 9.17) is 11.6 Å². The van der Waals surface area contributed by atoms with E-state index < -0.39 is 10.0 Å². The molecular weight excluding hydrogens is 334 g/mol. The summed E-state index contributed by atoms with van der Waals surface area (Å²) in [5.41, 5.74) is 1.89. The normalized spacial score (nSPS) is 17.3. The van der Waals surface area contributed by atoms with Crippen molar-refractivity contribution in [3.8, 4) is 0 Å². The molecule has 2 aromatic rings. The largest absolute Gasteiger partial charge is 0.265 e. The Hall–Kier alpha value is -1.50. The Morgan fingerprint density at radius 3 is 2.48 bits per heavy atom. The number of hydrogen-bond donors (Lipinski definition) is 0. The number of nitrogens with zero attached hydrogens (tertiary/aromatic N) is 3. The summed E-state index contributed by atoms with van der Waals surface area (Å²) in [5.74, 6) is 0.384. The van der Waals surface area contributed by atoms with E-state index in [0.29, 0.717) is 29.7 Å². The number of pyridine rings is 2. The summed E-state index contributed by atoms with van der Waals surface area (Å²) in [6, 6.07) is 5.59. The van der Waals surface area contributed by atoms with Gasteiger partial charge >= 0.3 is 0 Å². The van der Waals surface area contributed by atoms with Crippen LogP contribution in [0.5, 0.6) is 0 Å². The van der Waals surface area contributed by atoms with Gasteiger partial charge < -0.3 is 0 Å². The van der Waals surface area contributed by atoms with Gasteiger partial charge in [-0.1, -0.05) is 11.6 Å². The monoisotopic (exact) mass is 351 g/mol. The zero-order valence-corrected chi connectivity index (χ0v) is 14.4. The maximum Gasteiger partial charge on any atom is 0.244 e. The molecule has 0 bridgehead atoms. The van der Waals surface area contributed by atoms with Gasteiger partial charge in [-0.15, -0.1) is 0 Å². The van der Waals surface area contributed by atoms with Gasteiger partial charge in [0.05, 0.1) is 0 Å². The predicted molar refractivity (Wildman–Crippen MR) is 89.0 cm³/mol. The topological polar surface area (TPSA) is 63.2 Å². The highest BCUT2D eigenvalue weighted by molar-refractivity contribution is 7.89. The summed E-state index contributed by atoms with van der Waals surface area (Å²) >= 11 is 5.88. The third kappa shape index (κ3) is 3.39. The van der Waals surface area contributed by atoms with Gasteiger partial charge in [-0.3, -0.25) is 4.98 Å². The summed E-state index contributed by atoms with van der Waals surface area (Å²) in [4.78, 5) is 8.19. The summed E-state index contributed by atoms with van der Waals surface area (Å²) < 4.78 is 27.0. The maximum absolute atomic E-state index is 12.7. The molecule has 2 aromatic heterocycles. The van der Waals surface area contributed by atoms with Crippen LogP contribution < -0.4 is 0 Å². The molecule has 0 atom stereocenters. The van der Waals surface area contributed by atoms with Crippen molar-refractivity contribution in [1.29, 1.82) is 0 Å². The molecule has 0 saturated carbocycles. The van der Waals surface area contributed by atoms with Gasteiger partial charge in [0.1, 0.15) is 10.0 Å². The molecule has 0 N–H and O–H groups in total. The SMILES string of the molecule is Cc1cc(S(=O)(=O)N2CCC(c3ccncc3)CC2)cnc1Cl. The first-order chi connectivity index (χ1) is 11.0. The van der Waals surface area contributed by atoms with E-state index in [1.165, 1.54) is 16.1 Å². The molecule has 0 unspecified atom stereocenters. The molecule has 1 fully saturated rings. The van der Waals surface area contributed by atoms with Crippen LogP contribution in [0.1, 0.15) is 29.9 Å². The Kier molecular flexibility index (Phi) is 4.66. The fourth-order valence-electron chi connectivity index (χ4n) is 2.89. The molecular formula is C16H18ClN3O2S. The van der Waals surface area contributed by atoms with Crippen molar-refractivity contribution in [2.45, 2.75) is 30.6 Å². The van der Waals surface area contributed by atoms with Crippen molar-refractivity contribution in [1.82, 2.24) is 14.3 Å². The molecule has 1 saturated heterocycles. The van der Waals surface area contributed by atoms with Gasteiger partial charge in [-0.2, -0.15) is 4.31 Å². The standard InChI is InChI=1S/C16H18ClN3O2S/c1-12-10-15(11-19-16(12)17)23(21,22)20-8-4-14(5-9-20)13-2-6-18-7-3-13/h2-3,6-7,10-11,14H,4-5,8-9H2,1H3. The Balaban J connectivity index is 1.75. The lowest BCUT2D eigenvalue weighted by Gasteiger charge is -2.31. The van der Waals surface area contributed by atoms with E-state index in [-0.39, 0.29) is 4.90 Å². The second-order valence-electron chi connectivity index (χ2n) is 5.74. The van der Waals surface area contributed by atoms with Crippen LogP contribution in [-0.4, -0.2) is 35.8 Å². The highest BCUT2D eigenvalue weighted by Crippen LogP contribution is 2.30. The molecule has 23 heavy (non-hydrogen) atoms. The smallest absolute Gasteiger partial charge is 0.244 e. The third-order valence-electron chi connectivity index (χ3n) is 4.26. The van der Waals surface area contributed by atoms with E-state index in [1.807, 2.05) is 12.1 Å². The second-order valence-corrected chi connectivity index (χ2v) is 8.03. The predicted octanol–water partition coefficient (Wildman–Crippen LogP) is 3.01. The number of sulfonamides is 1. The molecule has 0 aromatic carbocycles. The van der Waals surface area contributed by atoms with Crippen LogP contribution in [0.4, 0.5) is 0 Å². The highest BCUT2D eigenvalue weighted by Gasteiger charge is 2.30. The number of aryl methyl sites for hydroxylation is 1. The zero-order valence-electron chi connectivity index (χ0n) is 12.8. The van der Waals surface area contributed by atoms with Gasteiger partial charge in [0.15, 0.2) is 0 Å². The van der Waals surface area contributed by atoms with E-state index in [2.05, 4.69) is 9.97 Å². The fraction of sp³-hybridized carbons (Fsp3) is 0.375. The van der Waals surface area contributed by atoms with Crippen molar-refractivity contribution < 1.29 is 8.42 Å². The minimum atomic E-state index is -3.51. The zero-order chi connectivity index (χ0) is 16.4. The van der Waals surface area contributed by atoms with Crippen LogP contribution in [0, 0.1) is 6.92 Å². The number of aromatic nitrogens is 2. The van der Waals surface area contributed by atoms with Crippen LogP contribution in [0.3, 0.4) is 0 Å². The van der Waals surface area contributed by atoms with Gasteiger partial charge in [-0.05, 0) is 55.0 Å². The van der Waals surface area contributed by atoms with Crippen molar-refractivity contribution in [2.75, 3.05) is 13.1 Å². The van der Waals surface area contributed by atoms with E-state index in [9.17, 15) is 8.42 Å². The minimum Gasteiger partial charge on any atom is -0.265 e. The first-order valence-corrected chi connectivity index (χ1v) is 9.32. The van der Waals surface area contributed by atoms with E-state index in [1.54, 1.807) is 25.4 Å². The molecule has 0 amide bonds. The third-order valence-corrected chi connectivity index (χ3v) is 6.52. The molecule has 7 heteroatoms. The lowest BCUT2D eigenvalue weighted by molar-refractivity contribution is 0.319. The summed E-state index contributed by atoms with van der Waals surface area (Å²) in [6.07, 6.45) is 6.51. The van der Waals surface area contributed by atoms with Crippen molar-refractivity contribution in [3.63, 3.8) is 0 Å². The minimum absolute atomic E-state index is 0.210. The Bertz CT molecular complexity index is 788. The molecule has 0 radical (unpaired) electrons. The quantitative estimate of drug-likeness (QED) is 0.797. The van der Waals surface area contributed by atoms with Gasteiger partial charge in [0.2, 0.25) is 10.0 Å². The first kappa shape index (κ1) is 16.4. The summed E-state index contributed by atoms with van der Waals surface area (Å²) in [5, 5.41) is 0.334. The van der Waals surface area contributed by atoms with Crippen molar-refractivity contribution in [2.24, 2.45) is 0 Å². The lowest BCUT2D eigenvalue weighted by Crippen LogP contribution is -2.38. The summed E-state index contributed by atoms with van der Waals surface area (Å²) in [7, 11) is -3.51. The van der Waals surface area contributed by atoms with Crippen LogP contribution in [-0.2, 0) is 10.0 Å². The van der Waals surface area contributed by atoms with E-state index >= 15 is 0 Å². The summed E-state index contributed by atoms with van der Waals surface area (Å²) in [6.45, 7) is 2.78. The second kappa shape index (κ2) is 6.55. The van der Waals surface area contributed by atoms with Crippen LogP contribution in [0.15, 0.2) is 41.7 Å². The van der Waals surface area contributed by atoms with Gasteiger partial charge in [0.25, 0.3) is 0 Å². The molecule has 0 aliphatic carbocycles. The fourth-order valence-corrected chi connectivity index (χ4v) is 4.49.